The fraction of sp³-hybridized carbons (Fsp3) is 0.350. The molecule has 2 aromatic rings. The molecule has 2 heterocycles. The molecule has 1 aliphatic rings. The van der Waals surface area contributed by atoms with E-state index in [1.54, 1.807) is 0 Å². The first-order valence-electron chi connectivity index (χ1n) is 9.68. The van der Waals surface area contributed by atoms with Crippen LogP contribution >= 0.6 is 11.3 Å². The van der Waals surface area contributed by atoms with E-state index in [0.29, 0.717) is 23.4 Å². The summed E-state index contributed by atoms with van der Waals surface area (Å²) in [7, 11) is 0. The third kappa shape index (κ3) is 5.69. The van der Waals surface area contributed by atoms with Crippen molar-refractivity contribution in [2.24, 2.45) is 11.5 Å². The second-order valence-corrected chi connectivity index (χ2v) is 8.28. The molecule has 0 spiro atoms. The number of amides is 4. The third-order valence-corrected chi connectivity index (χ3v) is 6.00. The molecule has 0 radical (unpaired) electrons. The molecule has 0 aliphatic carbocycles. The maximum absolute atomic E-state index is 12.8. The molecule has 1 unspecified atom stereocenters. The van der Waals surface area contributed by atoms with Crippen LogP contribution in [-0.4, -0.2) is 42.1 Å². The van der Waals surface area contributed by atoms with Gasteiger partial charge in [-0.2, -0.15) is 13.2 Å². The molecule has 5 N–H and O–H groups in total. The lowest BCUT2D eigenvalue weighted by atomic mass is 10.1. The van der Waals surface area contributed by atoms with Gasteiger partial charge in [0.2, 0.25) is 0 Å². The van der Waals surface area contributed by atoms with Crippen LogP contribution < -0.4 is 16.8 Å². The Morgan fingerprint density at radius 1 is 1.12 bits per heavy atom. The third-order valence-electron chi connectivity index (χ3n) is 4.90. The smallest absolute Gasteiger partial charge is 0.416 e. The highest BCUT2D eigenvalue weighted by molar-refractivity contribution is 7.20. The van der Waals surface area contributed by atoms with E-state index in [2.05, 4.69) is 5.32 Å². The SMILES string of the molecule is NC(=O)Nc1sc(-c2ccc(C(F)(F)F)cc2)cc1C(=O)OC1CCCCN(C(N)=O)C1. The van der Waals surface area contributed by atoms with Gasteiger partial charge in [0.05, 0.1) is 17.7 Å². The number of carbonyl (C=O) groups excluding carboxylic acids is 3. The molecule has 0 saturated carbocycles. The van der Waals surface area contributed by atoms with Gasteiger partial charge in [-0.3, -0.25) is 5.32 Å². The summed E-state index contributed by atoms with van der Waals surface area (Å²) in [5.41, 5.74) is 10.2. The summed E-state index contributed by atoms with van der Waals surface area (Å²) in [5, 5.41) is 2.46. The Morgan fingerprint density at radius 3 is 2.41 bits per heavy atom. The zero-order valence-corrected chi connectivity index (χ0v) is 17.6. The molecule has 1 aromatic heterocycles. The maximum Gasteiger partial charge on any atom is 0.416 e. The summed E-state index contributed by atoms with van der Waals surface area (Å²) < 4.78 is 44.0. The monoisotopic (exact) mass is 470 g/mol. The van der Waals surface area contributed by atoms with E-state index >= 15 is 0 Å². The number of halogens is 3. The number of alkyl halides is 3. The van der Waals surface area contributed by atoms with Gasteiger partial charge >= 0.3 is 24.2 Å². The van der Waals surface area contributed by atoms with Crippen molar-refractivity contribution in [1.82, 2.24) is 4.90 Å². The Morgan fingerprint density at radius 2 is 1.81 bits per heavy atom. The van der Waals surface area contributed by atoms with Crippen LogP contribution in [0.15, 0.2) is 30.3 Å². The van der Waals surface area contributed by atoms with Crippen LogP contribution in [0.25, 0.3) is 10.4 Å². The van der Waals surface area contributed by atoms with Gasteiger partial charge in [0, 0.05) is 11.4 Å². The molecule has 1 aromatic carbocycles. The van der Waals surface area contributed by atoms with Crippen LogP contribution in [0, 0.1) is 0 Å². The number of nitrogens with two attached hydrogens (primary N) is 2. The van der Waals surface area contributed by atoms with Crippen LogP contribution in [0.2, 0.25) is 0 Å². The second kappa shape index (κ2) is 9.47. The van der Waals surface area contributed by atoms with Crippen LogP contribution in [0.4, 0.5) is 27.8 Å². The summed E-state index contributed by atoms with van der Waals surface area (Å²) in [4.78, 5) is 37.6. The van der Waals surface area contributed by atoms with E-state index in [1.165, 1.54) is 23.1 Å². The van der Waals surface area contributed by atoms with Crippen molar-refractivity contribution in [3.05, 3.63) is 41.5 Å². The molecule has 172 valence electrons. The summed E-state index contributed by atoms with van der Waals surface area (Å²) in [6.07, 6.45) is -3.08. The highest BCUT2D eigenvalue weighted by Gasteiger charge is 2.30. The number of likely N-dealkylation sites (tertiary alicyclic amines) is 1. The van der Waals surface area contributed by atoms with Gasteiger partial charge in [-0.1, -0.05) is 12.1 Å². The number of primary amides is 2. The van der Waals surface area contributed by atoms with Crippen molar-refractivity contribution in [2.45, 2.75) is 31.5 Å². The molecule has 1 fully saturated rings. The lowest BCUT2D eigenvalue weighted by Crippen LogP contribution is -2.41. The van der Waals surface area contributed by atoms with E-state index in [1.807, 2.05) is 0 Å². The molecule has 12 heteroatoms. The Balaban J connectivity index is 1.85. The van der Waals surface area contributed by atoms with Crippen LogP contribution in [0.5, 0.6) is 0 Å². The Labute approximate surface area is 185 Å². The minimum absolute atomic E-state index is 0.0126. The molecule has 1 atom stereocenters. The number of anilines is 1. The van der Waals surface area contributed by atoms with Crippen LogP contribution in [0.3, 0.4) is 0 Å². The van der Waals surface area contributed by atoms with Crippen molar-refractivity contribution in [3.8, 4) is 10.4 Å². The van der Waals surface area contributed by atoms with Gasteiger partial charge in [-0.15, -0.1) is 11.3 Å². The zero-order chi connectivity index (χ0) is 23.5. The standard InChI is InChI=1S/C20H21F3N4O4S/c21-20(22,23)12-6-4-11(5-7-12)15-9-14(16(32-15)26-18(24)29)17(28)31-13-3-1-2-8-27(10-13)19(25)30/h4-7,9,13H,1-3,8,10H2,(H2,25,30)(H3,24,26,29). The molecule has 4 amide bonds. The molecule has 8 nitrogen and oxygen atoms in total. The van der Waals surface area contributed by atoms with Crippen molar-refractivity contribution < 1.29 is 32.3 Å². The van der Waals surface area contributed by atoms with Gasteiger partial charge in [0.25, 0.3) is 0 Å². The summed E-state index contributed by atoms with van der Waals surface area (Å²) >= 11 is 0.976. The molecular weight excluding hydrogens is 449 g/mol. The molecule has 3 rings (SSSR count). The number of nitrogens with zero attached hydrogens (tertiary/aromatic N) is 1. The van der Waals surface area contributed by atoms with Crippen molar-refractivity contribution in [3.63, 3.8) is 0 Å². The van der Waals surface area contributed by atoms with Crippen molar-refractivity contribution in [1.29, 1.82) is 0 Å². The van der Waals surface area contributed by atoms with Gasteiger partial charge < -0.3 is 21.1 Å². The highest BCUT2D eigenvalue weighted by atomic mass is 32.1. The molecule has 1 saturated heterocycles. The lowest BCUT2D eigenvalue weighted by molar-refractivity contribution is -0.137. The number of carbonyl (C=O) groups is 3. The first-order valence-corrected chi connectivity index (χ1v) is 10.5. The Bertz CT molecular complexity index is 1010. The molecular formula is C20H21F3N4O4S. The Hall–Kier alpha value is -3.28. The highest BCUT2D eigenvalue weighted by Crippen LogP contribution is 2.38. The van der Waals surface area contributed by atoms with Gasteiger partial charge in [-0.25, -0.2) is 14.4 Å². The van der Waals surface area contributed by atoms with E-state index in [4.69, 9.17) is 16.2 Å². The topological polar surface area (TPSA) is 128 Å². The zero-order valence-electron chi connectivity index (χ0n) is 16.8. The minimum Gasteiger partial charge on any atom is -0.457 e. The number of thiophene rings is 1. The predicted molar refractivity (Wildman–Crippen MR) is 112 cm³/mol. The first kappa shape index (κ1) is 23.4. The fourth-order valence-electron chi connectivity index (χ4n) is 3.33. The average molecular weight is 470 g/mol. The van der Waals surface area contributed by atoms with Crippen LogP contribution in [-0.2, 0) is 10.9 Å². The summed E-state index contributed by atoms with van der Waals surface area (Å²) in [6, 6.07) is 4.31. The number of urea groups is 2. The fourth-order valence-corrected chi connectivity index (χ4v) is 4.38. The van der Waals surface area contributed by atoms with Crippen molar-refractivity contribution in [2.75, 3.05) is 18.4 Å². The number of rotatable bonds is 4. The van der Waals surface area contributed by atoms with E-state index in [0.717, 1.165) is 36.3 Å². The summed E-state index contributed by atoms with van der Waals surface area (Å²) in [6.45, 7) is 0.615. The number of nitrogens with one attached hydrogen (secondary N) is 1. The molecule has 1 aliphatic heterocycles. The number of benzene rings is 1. The van der Waals surface area contributed by atoms with E-state index < -0.39 is 35.9 Å². The van der Waals surface area contributed by atoms with Crippen LogP contribution in [0.1, 0.15) is 35.2 Å². The Kier molecular flexibility index (Phi) is 6.92. The summed E-state index contributed by atoms with van der Waals surface area (Å²) in [5.74, 6) is -0.750. The number of hydrogen-bond acceptors (Lipinski definition) is 5. The van der Waals surface area contributed by atoms with Gasteiger partial charge in [0.15, 0.2) is 0 Å². The first-order chi connectivity index (χ1) is 15.0. The largest absolute Gasteiger partial charge is 0.457 e. The minimum atomic E-state index is -4.47. The lowest BCUT2D eigenvalue weighted by Gasteiger charge is -2.22. The van der Waals surface area contributed by atoms with Crippen molar-refractivity contribution >= 4 is 34.4 Å². The average Bonchev–Trinajstić information content (AvgIpc) is 2.97. The predicted octanol–water partition coefficient (Wildman–Crippen LogP) is 4.01. The van der Waals surface area contributed by atoms with E-state index in [-0.39, 0.29) is 17.1 Å². The number of hydrogen-bond donors (Lipinski definition) is 3. The maximum atomic E-state index is 12.8. The van der Waals surface area contributed by atoms with Gasteiger partial charge in [0.1, 0.15) is 11.1 Å². The molecule has 0 bridgehead atoms. The quantitative estimate of drug-likeness (QED) is 0.583. The number of ether oxygens (including phenoxy) is 1. The molecule has 32 heavy (non-hydrogen) atoms. The second-order valence-electron chi connectivity index (χ2n) is 7.23. The number of esters is 1. The normalized spacial score (nSPS) is 16.8. The van der Waals surface area contributed by atoms with E-state index in [9.17, 15) is 27.6 Å². The van der Waals surface area contributed by atoms with Gasteiger partial charge in [-0.05, 0) is 43.0 Å².